The molecule has 134 valence electrons. The predicted molar refractivity (Wildman–Crippen MR) is 105 cm³/mol. The van der Waals surface area contributed by atoms with Crippen molar-refractivity contribution in [1.82, 2.24) is 14.3 Å². The van der Waals surface area contributed by atoms with Crippen molar-refractivity contribution in [3.05, 3.63) is 46.5 Å². The number of hydrogen-bond donors (Lipinski definition) is 0. The van der Waals surface area contributed by atoms with Crippen LogP contribution in [0, 0.1) is 12.3 Å². The molecular weight excluding hydrogens is 344 g/mol. The number of carbonyl (C=O) groups excluding carboxylic acids is 1. The Bertz CT molecular complexity index is 1060. The van der Waals surface area contributed by atoms with Crippen LogP contribution in [0.15, 0.2) is 35.5 Å². The lowest BCUT2D eigenvalue weighted by atomic mass is 10.0. The summed E-state index contributed by atoms with van der Waals surface area (Å²) < 4.78 is 4.68. The zero-order valence-corrected chi connectivity index (χ0v) is 16.2. The lowest BCUT2D eigenvalue weighted by molar-refractivity contribution is 0.0986. The quantitative estimate of drug-likeness (QED) is 0.656. The molecular formula is C20H22N4OS. The third-order valence-electron chi connectivity index (χ3n) is 4.20. The van der Waals surface area contributed by atoms with Crippen LogP contribution in [0.5, 0.6) is 0 Å². The van der Waals surface area contributed by atoms with E-state index < -0.39 is 0 Å². The number of amides is 1. The fraction of sp³-hybridized carbons (Fsp3) is 0.350. The average Bonchev–Trinajstić information content (AvgIpc) is 3.20. The van der Waals surface area contributed by atoms with Crippen LogP contribution in [0.4, 0.5) is 0 Å². The summed E-state index contributed by atoms with van der Waals surface area (Å²) in [5.41, 5.74) is 2.73. The maximum Gasteiger partial charge on any atom is 0.297 e. The van der Waals surface area contributed by atoms with Crippen LogP contribution in [-0.2, 0) is 6.54 Å². The number of hydrogen-bond acceptors (Lipinski definition) is 3. The Morgan fingerprint density at radius 1 is 1.31 bits per heavy atom. The van der Waals surface area contributed by atoms with Crippen molar-refractivity contribution in [3.8, 4) is 12.3 Å². The summed E-state index contributed by atoms with van der Waals surface area (Å²) in [5.74, 6) is 2.79. The van der Waals surface area contributed by atoms with Crippen molar-refractivity contribution >= 4 is 27.5 Å². The zero-order valence-electron chi connectivity index (χ0n) is 15.4. The van der Waals surface area contributed by atoms with E-state index in [0.717, 1.165) is 10.2 Å². The van der Waals surface area contributed by atoms with Gasteiger partial charge in [-0.15, -0.1) is 6.42 Å². The molecule has 6 heteroatoms. The van der Waals surface area contributed by atoms with E-state index in [1.54, 1.807) is 16.9 Å². The summed E-state index contributed by atoms with van der Waals surface area (Å²) >= 11 is 1.49. The highest BCUT2D eigenvalue weighted by Gasteiger charge is 2.15. The second-order valence-corrected chi connectivity index (χ2v) is 7.74. The average molecular weight is 366 g/mol. The Kier molecular flexibility index (Phi) is 5.10. The number of aromatic nitrogens is 3. The van der Waals surface area contributed by atoms with Gasteiger partial charge in [0.15, 0.2) is 4.80 Å². The summed E-state index contributed by atoms with van der Waals surface area (Å²) in [6.45, 7) is 8.65. The Morgan fingerprint density at radius 3 is 2.73 bits per heavy atom. The maximum absolute atomic E-state index is 12.7. The second kappa shape index (κ2) is 7.30. The molecule has 0 spiro atoms. The van der Waals surface area contributed by atoms with Crippen LogP contribution in [0.1, 0.15) is 55.7 Å². The van der Waals surface area contributed by atoms with E-state index in [0.29, 0.717) is 23.0 Å². The van der Waals surface area contributed by atoms with Crippen molar-refractivity contribution < 1.29 is 4.79 Å². The van der Waals surface area contributed by atoms with E-state index in [1.165, 1.54) is 16.9 Å². The van der Waals surface area contributed by atoms with Crippen molar-refractivity contribution in [2.75, 3.05) is 0 Å². The monoisotopic (exact) mass is 366 g/mol. The number of carbonyl (C=O) groups is 1. The fourth-order valence-electron chi connectivity index (χ4n) is 2.82. The third-order valence-corrected chi connectivity index (χ3v) is 5.24. The molecule has 26 heavy (non-hydrogen) atoms. The van der Waals surface area contributed by atoms with Gasteiger partial charge in [-0.1, -0.05) is 37.2 Å². The van der Waals surface area contributed by atoms with E-state index in [4.69, 9.17) is 6.42 Å². The number of benzene rings is 1. The Hall–Kier alpha value is -2.65. The minimum absolute atomic E-state index is 0.0907. The molecule has 2 aromatic heterocycles. The molecule has 5 nitrogen and oxygen atoms in total. The molecule has 3 aromatic rings. The molecule has 1 amide bonds. The lowest BCUT2D eigenvalue weighted by Crippen LogP contribution is -2.18. The molecule has 0 aliphatic carbocycles. The smallest absolute Gasteiger partial charge is 0.297 e. The number of fused-ring (bicyclic) bond motifs is 1. The van der Waals surface area contributed by atoms with Crippen LogP contribution in [0.25, 0.3) is 10.2 Å². The van der Waals surface area contributed by atoms with Crippen molar-refractivity contribution in [1.29, 1.82) is 0 Å². The largest absolute Gasteiger partial charge is 0.305 e. The molecule has 0 aliphatic heterocycles. The SMILES string of the molecule is C#CCn1c(=NC(=O)c2ccnn2C(C)C)sc2cc(C(C)C)ccc21. The van der Waals surface area contributed by atoms with Gasteiger partial charge in [0, 0.05) is 12.2 Å². The predicted octanol–water partition coefficient (Wildman–Crippen LogP) is 3.98. The van der Waals surface area contributed by atoms with Gasteiger partial charge >= 0.3 is 0 Å². The van der Waals surface area contributed by atoms with E-state index in [1.807, 2.05) is 18.4 Å². The van der Waals surface area contributed by atoms with E-state index in [9.17, 15) is 4.79 Å². The van der Waals surface area contributed by atoms with Gasteiger partial charge in [-0.2, -0.15) is 10.1 Å². The summed E-state index contributed by atoms with van der Waals surface area (Å²) in [6, 6.07) is 8.10. The van der Waals surface area contributed by atoms with E-state index >= 15 is 0 Å². The summed E-state index contributed by atoms with van der Waals surface area (Å²) in [6.07, 6.45) is 7.16. The van der Waals surface area contributed by atoms with Crippen molar-refractivity contribution in [2.45, 2.75) is 46.2 Å². The molecule has 0 N–H and O–H groups in total. The van der Waals surface area contributed by atoms with E-state index in [-0.39, 0.29) is 11.9 Å². The van der Waals surface area contributed by atoms with Gasteiger partial charge in [-0.05, 0) is 43.5 Å². The summed E-state index contributed by atoms with van der Waals surface area (Å²) in [4.78, 5) is 17.7. The first-order valence-electron chi connectivity index (χ1n) is 8.61. The minimum atomic E-state index is -0.308. The summed E-state index contributed by atoms with van der Waals surface area (Å²) in [5, 5.41) is 4.21. The van der Waals surface area contributed by atoms with Crippen molar-refractivity contribution in [3.63, 3.8) is 0 Å². The molecule has 2 heterocycles. The normalized spacial score (nSPS) is 12.3. The molecule has 0 saturated carbocycles. The highest BCUT2D eigenvalue weighted by molar-refractivity contribution is 7.16. The number of thiazole rings is 1. The molecule has 1 aromatic carbocycles. The molecule has 0 unspecified atom stereocenters. The van der Waals surface area contributed by atoms with Gasteiger partial charge < -0.3 is 4.57 Å². The number of nitrogens with zero attached hydrogens (tertiary/aromatic N) is 4. The zero-order chi connectivity index (χ0) is 18.8. The van der Waals surface area contributed by atoms with Gasteiger partial charge in [0.05, 0.1) is 16.8 Å². The molecule has 0 saturated heterocycles. The van der Waals surface area contributed by atoms with Gasteiger partial charge in [-0.25, -0.2) is 0 Å². The molecule has 0 fully saturated rings. The topological polar surface area (TPSA) is 52.2 Å². The first-order valence-corrected chi connectivity index (χ1v) is 9.43. The Labute approximate surface area is 157 Å². The highest BCUT2D eigenvalue weighted by Crippen LogP contribution is 2.23. The van der Waals surface area contributed by atoms with Crippen LogP contribution in [0.2, 0.25) is 0 Å². The van der Waals surface area contributed by atoms with Gasteiger partial charge in [0.1, 0.15) is 5.69 Å². The van der Waals surface area contributed by atoms with Crippen molar-refractivity contribution in [2.24, 2.45) is 4.99 Å². The van der Waals surface area contributed by atoms with Crippen LogP contribution in [0.3, 0.4) is 0 Å². The lowest BCUT2D eigenvalue weighted by Gasteiger charge is -2.07. The second-order valence-electron chi connectivity index (χ2n) is 6.73. The first-order chi connectivity index (χ1) is 12.4. The van der Waals surface area contributed by atoms with Crippen LogP contribution >= 0.6 is 11.3 Å². The molecule has 0 atom stereocenters. The number of rotatable bonds is 4. The molecule has 3 rings (SSSR count). The minimum Gasteiger partial charge on any atom is -0.305 e. The standard InChI is InChI=1S/C20H22N4OS/c1-6-11-23-16-8-7-15(13(2)3)12-18(16)26-20(23)22-19(25)17-9-10-21-24(17)14(4)5/h1,7-10,12-14H,11H2,2-5H3. The molecule has 0 bridgehead atoms. The Morgan fingerprint density at radius 2 is 2.08 bits per heavy atom. The highest BCUT2D eigenvalue weighted by atomic mass is 32.1. The van der Waals surface area contributed by atoms with E-state index in [2.05, 4.69) is 48.1 Å². The van der Waals surface area contributed by atoms with Gasteiger partial charge in [0.25, 0.3) is 5.91 Å². The maximum atomic E-state index is 12.7. The first kappa shape index (κ1) is 18.2. The van der Waals surface area contributed by atoms with Crippen LogP contribution in [-0.4, -0.2) is 20.3 Å². The van der Waals surface area contributed by atoms with Gasteiger partial charge in [-0.3, -0.25) is 9.48 Å². The van der Waals surface area contributed by atoms with Crippen LogP contribution < -0.4 is 4.80 Å². The molecule has 0 radical (unpaired) electrons. The number of terminal acetylenes is 1. The summed E-state index contributed by atoms with van der Waals surface area (Å²) in [7, 11) is 0. The Balaban J connectivity index is 2.15. The molecule has 0 aliphatic rings. The third kappa shape index (κ3) is 3.35. The fourth-order valence-corrected chi connectivity index (χ4v) is 3.89. The van der Waals surface area contributed by atoms with Gasteiger partial charge in [0.2, 0.25) is 0 Å².